The van der Waals surface area contributed by atoms with Gasteiger partial charge in [-0.05, 0) is 24.8 Å². The van der Waals surface area contributed by atoms with Crippen molar-refractivity contribution in [1.82, 2.24) is 4.98 Å². The first-order chi connectivity index (χ1) is 8.16. The van der Waals surface area contributed by atoms with Crippen molar-refractivity contribution >= 4 is 17.3 Å². The average Bonchev–Trinajstić information content (AvgIpc) is 2.78. The van der Waals surface area contributed by atoms with E-state index in [0.29, 0.717) is 12.5 Å². The molecule has 5 nitrogen and oxygen atoms in total. The molecule has 0 aromatic carbocycles. The van der Waals surface area contributed by atoms with Crippen molar-refractivity contribution in [2.75, 3.05) is 6.61 Å². The van der Waals surface area contributed by atoms with Gasteiger partial charge in [0.05, 0.1) is 11.5 Å². The Morgan fingerprint density at radius 3 is 2.82 bits per heavy atom. The zero-order valence-corrected chi connectivity index (χ0v) is 10.0. The summed E-state index contributed by atoms with van der Waals surface area (Å²) in [6.45, 7) is 0.480. The van der Waals surface area contributed by atoms with Crippen LogP contribution in [0.25, 0.3) is 0 Å². The van der Waals surface area contributed by atoms with E-state index < -0.39 is 4.92 Å². The quantitative estimate of drug-likeness (QED) is 0.471. The summed E-state index contributed by atoms with van der Waals surface area (Å²) in [6.07, 6.45) is 4.65. The predicted octanol–water partition coefficient (Wildman–Crippen LogP) is 3.21. The van der Waals surface area contributed by atoms with Crippen molar-refractivity contribution in [2.45, 2.75) is 25.7 Å². The lowest BCUT2D eigenvalue weighted by molar-refractivity contribution is -0.386. The zero-order chi connectivity index (χ0) is 12.3. The third-order valence-corrected chi connectivity index (χ3v) is 3.14. The number of aromatic nitrogens is 1. The van der Waals surface area contributed by atoms with Crippen molar-refractivity contribution < 1.29 is 9.66 Å². The van der Waals surface area contributed by atoms with Crippen LogP contribution in [0.2, 0.25) is 5.15 Å². The van der Waals surface area contributed by atoms with Gasteiger partial charge < -0.3 is 4.74 Å². The van der Waals surface area contributed by atoms with Gasteiger partial charge in [0.2, 0.25) is 0 Å². The number of nitro groups is 1. The molecule has 0 radical (unpaired) electrons. The normalized spacial score (nSPS) is 16.1. The van der Waals surface area contributed by atoms with Gasteiger partial charge in [0.1, 0.15) is 5.15 Å². The molecule has 0 bridgehead atoms. The molecular weight excluding hydrogens is 244 g/mol. The van der Waals surface area contributed by atoms with E-state index in [-0.39, 0.29) is 16.7 Å². The lowest BCUT2D eigenvalue weighted by atomic mass is 10.1. The summed E-state index contributed by atoms with van der Waals surface area (Å²) in [5.41, 5.74) is -0.132. The summed E-state index contributed by atoms with van der Waals surface area (Å²) in [6, 6.07) is 2.71. The van der Waals surface area contributed by atoms with E-state index in [1.165, 1.54) is 25.0 Å². The Bertz CT molecular complexity index is 419. The Hall–Kier alpha value is -1.36. The molecule has 1 fully saturated rings. The average molecular weight is 257 g/mol. The van der Waals surface area contributed by atoms with Gasteiger partial charge in [-0.3, -0.25) is 10.1 Å². The molecule has 0 spiro atoms. The van der Waals surface area contributed by atoms with Crippen LogP contribution in [0.4, 0.5) is 5.69 Å². The molecule has 6 heteroatoms. The highest BCUT2D eigenvalue weighted by Gasteiger charge is 2.20. The number of pyridine rings is 1. The maximum absolute atomic E-state index is 10.8. The SMILES string of the molecule is O=[N+]([O-])c1ccc(Cl)nc1OCC1CCCC1. The second-order valence-corrected chi connectivity index (χ2v) is 4.56. The summed E-state index contributed by atoms with van der Waals surface area (Å²) in [5.74, 6) is 0.504. The highest BCUT2D eigenvalue weighted by Crippen LogP contribution is 2.29. The lowest BCUT2D eigenvalue weighted by Gasteiger charge is -2.10. The van der Waals surface area contributed by atoms with Gasteiger partial charge in [0.15, 0.2) is 0 Å². The van der Waals surface area contributed by atoms with Gasteiger partial charge in [-0.25, -0.2) is 0 Å². The van der Waals surface area contributed by atoms with Crippen LogP contribution in [-0.4, -0.2) is 16.5 Å². The second kappa shape index (κ2) is 5.31. The van der Waals surface area contributed by atoms with Crippen LogP contribution in [0, 0.1) is 16.0 Å². The predicted molar refractivity (Wildman–Crippen MR) is 63.4 cm³/mol. The number of ether oxygens (including phenoxy) is 1. The summed E-state index contributed by atoms with van der Waals surface area (Å²) in [5, 5.41) is 11.0. The zero-order valence-electron chi connectivity index (χ0n) is 9.26. The molecule has 1 saturated carbocycles. The Labute approximate surface area is 104 Å². The van der Waals surface area contributed by atoms with E-state index in [0.717, 1.165) is 12.8 Å². The van der Waals surface area contributed by atoms with Crippen molar-refractivity contribution in [1.29, 1.82) is 0 Å². The highest BCUT2D eigenvalue weighted by molar-refractivity contribution is 6.29. The van der Waals surface area contributed by atoms with Crippen LogP contribution in [0.5, 0.6) is 5.88 Å². The Morgan fingerprint density at radius 1 is 1.47 bits per heavy atom. The van der Waals surface area contributed by atoms with Crippen molar-refractivity contribution in [3.8, 4) is 5.88 Å². The highest BCUT2D eigenvalue weighted by atomic mass is 35.5. The van der Waals surface area contributed by atoms with E-state index in [4.69, 9.17) is 16.3 Å². The number of hydrogen-bond acceptors (Lipinski definition) is 4. The maximum Gasteiger partial charge on any atom is 0.331 e. The standard InChI is InChI=1S/C11H13ClN2O3/c12-10-6-5-9(14(15)16)11(13-10)17-7-8-3-1-2-4-8/h5-6,8H,1-4,7H2. The van der Waals surface area contributed by atoms with E-state index >= 15 is 0 Å². The maximum atomic E-state index is 10.8. The van der Waals surface area contributed by atoms with Gasteiger partial charge in [-0.2, -0.15) is 4.98 Å². The van der Waals surface area contributed by atoms with E-state index in [2.05, 4.69) is 4.98 Å². The molecule has 0 unspecified atom stereocenters. The van der Waals surface area contributed by atoms with Crippen molar-refractivity contribution in [2.24, 2.45) is 5.92 Å². The van der Waals surface area contributed by atoms with Gasteiger partial charge >= 0.3 is 5.69 Å². The number of halogens is 1. The minimum atomic E-state index is -0.507. The van der Waals surface area contributed by atoms with Crippen LogP contribution >= 0.6 is 11.6 Å². The molecule has 92 valence electrons. The van der Waals surface area contributed by atoms with Crippen molar-refractivity contribution in [3.63, 3.8) is 0 Å². The largest absolute Gasteiger partial charge is 0.472 e. The van der Waals surface area contributed by atoms with E-state index in [1.54, 1.807) is 0 Å². The molecule has 1 aromatic rings. The van der Waals surface area contributed by atoms with Gasteiger partial charge in [-0.15, -0.1) is 0 Å². The van der Waals surface area contributed by atoms with Crippen LogP contribution in [0.1, 0.15) is 25.7 Å². The summed E-state index contributed by atoms with van der Waals surface area (Å²) in [7, 11) is 0. The summed E-state index contributed by atoms with van der Waals surface area (Å²) in [4.78, 5) is 14.1. The monoisotopic (exact) mass is 256 g/mol. The fraction of sp³-hybridized carbons (Fsp3) is 0.545. The first kappa shape index (κ1) is 12.1. The fourth-order valence-corrected chi connectivity index (χ4v) is 2.17. The second-order valence-electron chi connectivity index (χ2n) is 4.18. The molecule has 17 heavy (non-hydrogen) atoms. The Morgan fingerprint density at radius 2 is 2.18 bits per heavy atom. The minimum absolute atomic E-state index is 0.0226. The van der Waals surface area contributed by atoms with Crippen LogP contribution in [0.3, 0.4) is 0 Å². The van der Waals surface area contributed by atoms with Crippen LogP contribution < -0.4 is 4.74 Å². The molecule has 1 heterocycles. The Balaban J connectivity index is 2.07. The minimum Gasteiger partial charge on any atom is -0.472 e. The first-order valence-electron chi connectivity index (χ1n) is 5.60. The molecule has 2 rings (SSSR count). The van der Waals surface area contributed by atoms with Crippen molar-refractivity contribution in [3.05, 3.63) is 27.4 Å². The molecule has 0 aliphatic heterocycles. The lowest BCUT2D eigenvalue weighted by Crippen LogP contribution is -2.10. The summed E-state index contributed by atoms with van der Waals surface area (Å²) < 4.78 is 5.43. The molecule has 1 aliphatic rings. The van der Waals surface area contributed by atoms with E-state index in [9.17, 15) is 10.1 Å². The molecule has 0 atom stereocenters. The van der Waals surface area contributed by atoms with Gasteiger partial charge in [-0.1, -0.05) is 24.4 Å². The molecule has 1 aromatic heterocycles. The van der Waals surface area contributed by atoms with Crippen LogP contribution in [-0.2, 0) is 0 Å². The van der Waals surface area contributed by atoms with Gasteiger partial charge in [0, 0.05) is 6.07 Å². The molecule has 1 aliphatic carbocycles. The first-order valence-corrected chi connectivity index (χ1v) is 5.98. The fourth-order valence-electron chi connectivity index (χ4n) is 2.03. The van der Waals surface area contributed by atoms with E-state index in [1.807, 2.05) is 0 Å². The molecule has 0 saturated heterocycles. The molecular formula is C11H13ClN2O3. The van der Waals surface area contributed by atoms with Crippen LogP contribution in [0.15, 0.2) is 12.1 Å². The third kappa shape index (κ3) is 3.06. The topological polar surface area (TPSA) is 65.3 Å². The Kier molecular flexibility index (Phi) is 3.78. The summed E-state index contributed by atoms with van der Waals surface area (Å²) >= 11 is 5.70. The number of nitrogens with zero attached hydrogens (tertiary/aromatic N) is 2. The molecule has 0 N–H and O–H groups in total. The number of rotatable bonds is 4. The van der Waals surface area contributed by atoms with Gasteiger partial charge in [0.25, 0.3) is 5.88 Å². The molecule has 0 amide bonds. The third-order valence-electron chi connectivity index (χ3n) is 2.93. The smallest absolute Gasteiger partial charge is 0.331 e. The number of hydrogen-bond donors (Lipinski definition) is 0.